The lowest BCUT2D eigenvalue weighted by Crippen LogP contribution is -2.44. The van der Waals surface area contributed by atoms with Crippen LogP contribution in [0.4, 0.5) is 11.4 Å². The molecule has 1 saturated carbocycles. The SMILES string of the molecule is CNC1CCCN(c2c(Br)cnc3[nH]cc(NC(=O)C4CC4)c23)C1.Cl. The predicted molar refractivity (Wildman–Crippen MR) is 107 cm³/mol. The first kappa shape index (κ1) is 18.5. The predicted octanol–water partition coefficient (Wildman–Crippen LogP) is 3.28. The van der Waals surface area contributed by atoms with Gasteiger partial charge in [-0.2, -0.15) is 0 Å². The fourth-order valence-electron chi connectivity index (χ4n) is 3.46. The monoisotopic (exact) mass is 427 g/mol. The van der Waals surface area contributed by atoms with E-state index in [-0.39, 0.29) is 24.2 Å². The van der Waals surface area contributed by atoms with Gasteiger partial charge < -0.3 is 20.5 Å². The number of halogens is 2. The number of hydrogen-bond acceptors (Lipinski definition) is 4. The summed E-state index contributed by atoms with van der Waals surface area (Å²) in [4.78, 5) is 22.3. The summed E-state index contributed by atoms with van der Waals surface area (Å²) in [5, 5.41) is 7.47. The van der Waals surface area contributed by atoms with Gasteiger partial charge in [-0.25, -0.2) is 4.98 Å². The molecule has 1 aliphatic heterocycles. The van der Waals surface area contributed by atoms with Gasteiger partial charge in [0.2, 0.25) is 5.91 Å². The molecule has 1 aliphatic carbocycles. The van der Waals surface area contributed by atoms with E-state index in [9.17, 15) is 4.79 Å². The largest absolute Gasteiger partial charge is 0.368 e. The third-order valence-corrected chi connectivity index (χ3v) is 5.56. The summed E-state index contributed by atoms with van der Waals surface area (Å²) in [5.74, 6) is 0.302. The number of aromatic amines is 1. The zero-order valence-corrected chi connectivity index (χ0v) is 16.5. The zero-order valence-electron chi connectivity index (χ0n) is 14.1. The molecule has 2 aromatic heterocycles. The van der Waals surface area contributed by atoms with Crippen LogP contribution in [-0.2, 0) is 4.79 Å². The number of nitrogens with one attached hydrogen (secondary N) is 3. The summed E-state index contributed by atoms with van der Waals surface area (Å²) in [5.41, 5.74) is 2.76. The Balaban J connectivity index is 0.00000182. The van der Waals surface area contributed by atoms with Crippen molar-refractivity contribution in [2.75, 3.05) is 30.4 Å². The Morgan fingerprint density at radius 1 is 1.40 bits per heavy atom. The fourth-order valence-corrected chi connectivity index (χ4v) is 4.01. The molecule has 8 heteroatoms. The Hall–Kier alpha value is -1.31. The molecule has 0 aromatic carbocycles. The standard InChI is InChI=1S/C17H22BrN5O.ClH/c1-19-11-3-2-6-23(9-11)15-12(18)7-20-16-14(15)13(8-21-16)22-17(24)10-4-5-10;/h7-8,10-11,19H,2-6,9H2,1H3,(H,20,21)(H,22,24);1H. The van der Waals surface area contributed by atoms with Crippen LogP contribution in [0.15, 0.2) is 16.9 Å². The van der Waals surface area contributed by atoms with Crippen molar-refractivity contribution >= 4 is 56.7 Å². The van der Waals surface area contributed by atoms with Crippen LogP contribution < -0.4 is 15.5 Å². The number of anilines is 2. The molecule has 0 spiro atoms. The quantitative estimate of drug-likeness (QED) is 0.699. The van der Waals surface area contributed by atoms with Gasteiger partial charge in [-0.05, 0) is 48.7 Å². The maximum absolute atomic E-state index is 12.2. The van der Waals surface area contributed by atoms with Crippen LogP contribution in [-0.4, -0.2) is 42.1 Å². The van der Waals surface area contributed by atoms with E-state index >= 15 is 0 Å². The van der Waals surface area contributed by atoms with Crippen LogP contribution in [0, 0.1) is 5.92 Å². The number of carbonyl (C=O) groups excluding carboxylic acids is 1. The van der Waals surface area contributed by atoms with Crippen molar-refractivity contribution in [3.05, 3.63) is 16.9 Å². The molecule has 1 unspecified atom stereocenters. The number of pyridine rings is 1. The molecule has 1 atom stereocenters. The summed E-state index contributed by atoms with van der Waals surface area (Å²) in [7, 11) is 2.02. The number of H-pyrrole nitrogens is 1. The Morgan fingerprint density at radius 3 is 2.92 bits per heavy atom. The lowest BCUT2D eigenvalue weighted by atomic mass is 10.0. The highest BCUT2D eigenvalue weighted by Gasteiger charge is 2.31. The van der Waals surface area contributed by atoms with Gasteiger partial charge in [0.15, 0.2) is 0 Å². The normalized spacial score (nSPS) is 20.4. The molecule has 6 nitrogen and oxygen atoms in total. The summed E-state index contributed by atoms with van der Waals surface area (Å²) >= 11 is 3.67. The summed E-state index contributed by atoms with van der Waals surface area (Å²) in [6, 6.07) is 0.484. The molecule has 1 amide bonds. The zero-order chi connectivity index (χ0) is 16.7. The van der Waals surface area contributed by atoms with E-state index in [1.165, 1.54) is 6.42 Å². The minimum Gasteiger partial charge on any atom is -0.368 e. The van der Waals surface area contributed by atoms with Gasteiger partial charge in [-0.1, -0.05) is 0 Å². The van der Waals surface area contributed by atoms with Crippen LogP contribution >= 0.6 is 28.3 Å². The third kappa shape index (κ3) is 3.64. The van der Waals surface area contributed by atoms with Gasteiger partial charge >= 0.3 is 0 Å². The van der Waals surface area contributed by atoms with E-state index in [1.54, 1.807) is 0 Å². The second-order valence-corrected chi connectivity index (χ2v) is 7.57. The van der Waals surface area contributed by atoms with E-state index in [0.29, 0.717) is 6.04 Å². The molecular formula is C17H23BrClN5O. The van der Waals surface area contributed by atoms with Crippen LogP contribution in [0.2, 0.25) is 0 Å². The molecular weight excluding hydrogens is 406 g/mol. The van der Waals surface area contributed by atoms with Crippen molar-refractivity contribution < 1.29 is 4.79 Å². The van der Waals surface area contributed by atoms with Crippen LogP contribution in [0.3, 0.4) is 0 Å². The van der Waals surface area contributed by atoms with Gasteiger partial charge in [0.1, 0.15) is 5.65 Å². The molecule has 2 fully saturated rings. The Kier molecular flexibility index (Phi) is 5.55. The average molecular weight is 429 g/mol. The molecule has 25 heavy (non-hydrogen) atoms. The van der Waals surface area contributed by atoms with Crippen molar-refractivity contribution in [3.8, 4) is 0 Å². The van der Waals surface area contributed by atoms with Gasteiger partial charge in [0, 0.05) is 37.4 Å². The minimum absolute atomic E-state index is 0. The van der Waals surface area contributed by atoms with Gasteiger partial charge in [-0.3, -0.25) is 4.79 Å². The number of aromatic nitrogens is 2. The van der Waals surface area contributed by atoms with E-state index in [4.69, 9.17) is 0 Å². The molecule has 2 aliphatic rings. The first-order valence-corrected chi connectivity index (χ1v) is 9.35. The molecule has 1 saturated heterocycles. The van der Waals surface area contributed by atoms with Gasteiger partial charge in [-0.15, -0.1) is 12.4 Å². The van der Waals surface area contributed by atoms with E-state index < -0.39 is 0 Å². The van der Waals surface area contributed by atoms with Crippen molar-refractivity contribution in [2.24, 2.45) is 5.92 Å². The lowest BCUT2D eigenvalue weighted by Gasteiger charge is -2.35. The highest BCUT2D eigenvalue weighted by molar-refractivity contribution is 9.10. The number of nitrogens with zero attached hydrogens (tertiary/aromatic N) is 2. The van der Waals surface area contributed by atoms with Crippen molar-refractivity contribution in [1.82, 2.24) is 15.3 Å². The number of rotatable bonds is 4. The first-order chi connectivity index (χ1) is 11.7. The molecule has 3 N–H and O–H groups in total. The van der Waals surface area contributed by atoms with Crippen molar-refractivity contribution in [2.45, 2.75) is 31.7 Å². The number of fused-ring (bicyclic) bond motifs is 1. The maximum Gasteiger partial charge on any atom is 0.227 e. The molecule has 3 heterocycles. The number of likely N-dealkylation sites (N-methyl/N-ethyl adjacent to an activating group) is 1. The van der Waals surface area contributed by atoms with E-state index in [2.05, 4.69) is 41.4 Å². The van der Waals surface area contributed by atoms with Crippen LogP contribution in [0.1, 0.15) is 25.7 Å². The fraction of sp³-hybridized carbons (Fsp3) is 0.529. The molecule has 0 radical (unpaired) electrons. The third-order valence-electron chi connectivity index (χ3n) is 4.98. The average Bonchev–Trinajstić information content (AvgIpc) is 3.38. The Morgan fingerprint density at radius 2 is 2.20 bits per heavy atom. The summed E-state index contributed by atoms with van der Waals surface area (Å²) < 4.78 is 0.966. The second-order valence-electron chi connectivity index (χ2n) is 6.72. The molecule has 2 aromatic rings. The smallest absolute Gasteiger partial charge is 0.227 e. The van der Waals surface area contributed by atoms with Gasteiger partial charge in [0.05, 0.1) is 21.2 Å². The molecule has 136 valence electrons. The molecule has 0 bridgehead atoms. The summed E-state index contributed by atoms with van der Waals surface area (Å²) in [6.45, 7) is 1.96. The first-order valence-electron chi connectivity index (χ1n) is 8.56. The van der Waals surface area contributed by atoms with Crippen LogP contribution in [0.25, 0.3) is 11.0 Å². The highest BCUT2D eigenvalue weighted by atomic mass is 79.9. The highest BCUT2D eigenvalue weighted by Crippen LogP contribution is 2.39. The van der Waals surface area contributed by atoms with Crippen molar-refractivity contribution in [3.63, 3.8) is 0 Å². The number of carbonyl (C=O) groups is 1. The number of piperidine rings is 1. The summed E-state index contributed by atoms with van der Waals surface area (Å²) in [6.07, 6.45) is 8.03. The number of amides is 1. The Bertz CT molecular complexity index is 776. The van der Waals surface area contributed by atoms with Crippen LogP contribution in [0.5, 0.6) is 0 Å². The number of hydrogen-bond donors (Lipinski definition) is 3. The lowest BCUT2D eigenvalue weighted by molar-refractivity contribution is -0.117. The topological polar surface area (TPSA) is 73.1 Å². The van der Waals surface area contributed by atoms with Crippen molar-refractivity contribution in [1.29, 1.82) is 0 Å². The maximum atomic E-state index is 12.2. The van der Waals surface area contributed by atoms with Gasteiger partial charge in [0.25, 0.3) is 0 Å². The minimum atomic E-state index is 0. The van der Waals surface area contributed by atoms with E-state index in [1.807, 2.05) is 19.4 Å². The second kappa shape index (κ2) is 7.51. The van der Waals surface area contributed by atoms with E-state index in [0.717, 1.165) is 59.2 Å². The Labute approximate surface area is 161 Å². The molecule has 4 rings (SSSR count).